The average molecular weight is 351 g/mol. The molecule has 0 atom stereocenters. The summed E-state index contributed by atoms with van der Waals surface area (Å²) in [5.41, 5.74) is 2.17. The maximum Gasteiger partial charge on any atom is 0.244 e. The summed E-state index contributed by atoms with van der Waals surface area (Å²) in [6, 6.07) is 12.2. The number of amides is 2. The Balaban J connectivity index is 2.16. The van der Waals surface area contributed by atoms with Crippen molar-refractivity contribution in [3.05, 3.63) is 58.1 Å². The average Bonchev–Trinajstić information content (AvgIpc) is 2.49. The Hall–Kier alpha value is -2.04. The molecule has 0 aliphatic rings. The van der Waals surface area contributed by atoms with Crippen LogP contribution in [-0.4, -0.2) is 18.4 Å². The molecule has 2 aromatic rings. The number of rotatable bonds is 4. The van der Waals surface area contributed by atoms with Gasteiger partial charge in [-0.15, -0.1) is 0 Å². The number of nitrogens with zero attached hydrogens (tertiary/aromatic N) is 1. The molecule has 2 amide bonds. The molecule has 6 heteroatoms. The largest absolute Gasteiger partial charge is 0.325 e. The highest BCUT2D eigenvalue weighted by molar-refractivity contribution is 6.35. The predicted molar refractivity (Wildman–Crippen MR) is 94.3 cm³/mol. The maximum atomic E-state index is 12.2. The van der Waals surface area contributed by atoms with Gasteiger partial charge in [-0.2, -0.15) is 0 Å². The molecule has 4 nitrogen and oxygen atoms in total. The van der Waals surface area contributed by atoms with Crippen molar-refractivity contribution >= 4 is 46.4 Å². The van der Waals surface area contributed by atoms with Crippen LogP contribution in [0.5, 0.6) is 0 Å². The van der Waals surface area contributed by atoms with Gasteiger partial charge in [-0.1, -0.05) is 40.9 Å². The minimum Gasteiger partial charge on any atom is -0.325 e. The normalized spacial score (nSPS) is 10.3. The lowest BCUT2D eigenvalue weighted by Crippen LogP contribution is -2.36. The molecule has 120 valence electrons. The number of halogens is 2. The van der Waals surface area contributed by atoms with Gasteiger partial charge in [0.2, 0.25) is 11.8 Å². The molecule has 0 fully saturated rings. The second kappa shape index (κ2) is 7.49. The van der Waals surface area contributed by atoms with E-state index in [4.69, 9.17) is 23.2 Å². The molecule has 0 saturated heterocycles. The predicted octanol–water partition coefficient (Wildman–Crippen LogP) is 4.29. The van der Waals surface area contributed by atoms with Gasteiger partial charge in [0.1, 0.15) is 6.54 Å². The van der Waals surface area contributed by atoms with Gasteiger partial charge in [0.15, 0.2) is 0 Å². The van der Waals surface area contributed by atoms with Crippen molar-refractivity contribution in [2.24, 2.45) is 0 Å². The zero-order chi connectivity index (χ0) is 17.0. The van der Waals surface area contributed by atoms with Gasteiger partial charge < -0.3 is 10.2 Å². The fourth-order valence-electron chi connectivity index (χ4n) is 2.04. The fraction of sp³-hybridized carbons (Fsp3) is 0.176. The lowest BCUT2D eigenvalue weighted by atomic mass is 10.2. The van der Waals surface area contributed by atoms with E-state index >= 15 is 0 Å². The summed E-state index contributed by atoms with van der Waals surface area (Å²) in [5, 5.41) is 3.54. The fourth-order valence-corrected chi connectivity index (χ4v) is 2.43. The van der Waals surface area contributed by atoms with Crippen molar-refractivity contribution in [1.29, 1.82) is 0 Å². The number of aryl methyl sites for hydroxylation is 1. The van der Waals surface area contributed by atoms with Crippen LogP contribution in [0.2, 0.25) is 10.0 Å². The Kier molecular flexibility index (Phi) is 5.64. The van der Waals surface area contributed by atoms with Crippen molar-refractivity contribution in [3.8, 4) is 0 Å². The van der Waals surface area contributed by atoms with E-state index in [9.17, 15) is 9.59 Å². The number of benzene rings is 2. The number of carbonyl (C=O) groups is 2. The molecule has 0 spiro atoms. The Morgan fingerprint density at radius 1 is 1.09 bits per heavy atom. The van der Waals surface area contributed by atoms with Gasteiger partial charge in [0.25, 0.3) is 0 Å². The van der Waals surface area contributed by atoms with E-state index in [1.807, 2.05) is 19.1 Å². The number of hydrogen-bond donors (Lipinski definition) is 1. The molecule has 0 radical (unpaired) electrons. The summed E-state index contributed by atoms with van der Waals surface area (Å²) in [7, 11) is 0. The molecule has 0 heterocycles. The third-order valence-electron chi connectivity index (χ3n) is 3.22. The zero-order valence-corrected chi connectivity index (χ0v) is 14.3. The van der Waals surface area contributed by atoms with Gasteiger partial charge >= 0.3 is 0 Å². The van der Waals surface area contributed by atoms with E-state index in [0.717, 1.165) is 5.56 Å². The van der Waals surface area contributed by atoms with E-state index in [1.54, 1.807) is 30.3 Å². The van der Waals surface area contributed by atoms with Crippen LogP contribution >= 0.6 is 23.2 Å². The van der Waals surface area contributed by atoms with Crippen LogP contribution in [0, 0.1) is 6.92 Å². The van der Waals surface area contributed by atoms with Crippen LogP contribution in [0.1, 0.15) is 12.5 Å². The van der Waals surface area contributed by atoms with Crippen molar-refractivity contribution < 1.29 is 9.59 Å². The number of hydrogen-bond acceptors (Lipinski definition) is 2. The van der Waals surface area contributed by atoms with Gasteiger partial charge in [0.05, 0.1) is 10.7 Å². The molecule has 0 aliphatic heterocycles. The van der Waals surface area contributed by atoms with Gasteiger partial charge in [0, 0.05) is 17.6 Å². The molecule has 0 aromatic heterocycles. The highest BCUT2D eigenvalue weighted by atomic mass is 35.5. The van der Waals surface area contributed by atoms with Crippen molar-refractivity contribution in [1.82, 2.24) is 0 Å². The quantitative estimate of drug-likeness (QED) is 0.893. The summed E-state index contributed by atoms with van der Waals surface area (Å²) >= 11 is 12.1. The van der Waals surface area contributed by atoms with Crippen LogP contribution < -0.4 is 10.2 Å². The van der Waals surface area contributed by atoms with Crippen molar-refractivity contribution in [2.45, 2.75) is 13.8 Å². The van der Waals surface area contributed by atoms with E-state index in [-0.39, 0.29) is 18.4 Å². The Bertz CT molecular complexity index is 730. The molecule has 1 N–H and O–H groups in total. The summed E-state index contributed by atoms with van der Waals surface area (Å²) in [6.45, 7) is 3.18. The molecule has 2 rings (SSSR count). The third kappa shape index (κ3) is 4.71. The lowest BCUT2D eigenvalue weighted by Gasteiger charge is -2.22. The molecule has 0 saturated carbocycles. The lowest BCUT2D eigenvalue weighted by molar-refractivity contribution is -0.120. The number of nitrogens with one attached hydrogen (secondary N) is 1. The maximum absolute atomic E-state index is 12.2. The van der Waals surface area contributed by atoms with Crippen LogP contribution in [0.4, 0.5) is 11.4 Å². The minimum absolute atomic E-state index is 0.150. The molecule has 0 bridgehead atoms. The minimum atomic E-state index is -0.319. The summed E-state index contributed by atoms with van der Waals surface area (Å²) in [5.74, 6) is -0.617. The van der Waals surface area contributed by atoms with Gasteiger partial charge in [-0.25, -0.2) is 0 Å². The first-order valence-corrected chi connectivity index (χ1v) is 7.72. The first-order chi connectivity index (χ1) is 10.9. The van der Waals surface area contributed by atoms with E-state index in [0.29, 0.717) is 21.4 Å². The smallest absolute Gasteiger partial charge is 0.244 e. The number of anilines is 2. The van der Waals surface area contributed by atoms with Crippen LogP contribution in [0.3, 0.4) is 0 Å². The van der Waals surface area contributed by atoms with Gasteiger partial charge in [-0.3, -0.25) is 9.59 Å². The SMILES string of the molecule is CC(=O)N(CC(=O)Nc1ccc(C)cc1)c1cc(Cl)ccc1Cl. The Labute approximate surface area is 145 Å². The molecule has 0 aliphatic carbocycles. The van der Waals surface area contributed by atoms with Crippen molar-refractivity contribution in [3.63, 3.8) is 0 Å². The monoisotopic (exact) mass is 350 g/mol. The van der Waals surface area contributed by atoms with Crippen LogP contribution in [0.25, 0.3) is 0 Å². The highest BCUT2D eigenvalue weighted by Gasteiger charge is 2.18. The Morgan fingerprint density at radius 2 is 1.74 bits per heavy atom. The topological polar surface area (TPSA) is 49.4 Å². The second-order valence-corrected chi connectivity index (χ2v) is 5.96. The second-order valence-electron chi connectivity index (χ2n) is 5.12. The Morgan fingerprint density at radius 3 is 2.35 bits per heavy atom. The molecule has 23 heavy (non-hydrogen) atoms. The van der Waals surface area contributed by atoms with Crippen LogP contribution in [0.15, 0.2) is 42.5 Å². The highest BCUT2D eigenvalue weighted by Crippen LogP contribution is 2.29. The third-order valence-corrected chi connectivity index (χ3v) is 3.77. The van der Waals surface area contributed by atoms with Gasteiger partial charge in [-0.05, 0) is 37.3 Å². The summed E-state index contributed by atoms with van der Waals surface area (Å²) in [4.78, 5) is 25.4. The number of carbonyl (C=O) groups excluding carboxylic acids is 2. The van der Waals surface area contributed by atoms with Crippen molar-refractivity contribution in [2.75, 3.05) is 16.8 Å². The van der Waals surface area contributed by atoms with E-state index < -0.39 is 0 Å². The van der Waals surface area contributed by atoms with E-state index in [1.165, 1.54) is 11.8 Å². The first kappa shape index (κ1) is 17.3. The molecule has 2 aromatic carbocycles. The summed E-state index contributed by atoms with van der Waals surface area (Å²) in [6.07, 6.45) is 0. The molecular formula is C17H16Cl2N2O2. The standard InChI is InChI=1S/C17H16Cl2N2O2/c1-11-3-6-14(7-4-11)20-17(23)10-21(12(2)22)16-9-13(18)5-8-15(16)19/h3-9H,10H2,1-2H3,(H,20,23). The van der Waals surface area contributed by atoms with E-state index in [2.05, 4.69) is 5.32 Å². The first-order valence-electron chi connectivity index (χ1n) is 6.96. The zero-order valence-electron chi connectivity index (χ0n) is 12.8. The van der Waals surface area contributed by atoms with Crippen LogP contribution in [-0.2, 0) is 9.59 Å². The summed E-state index contributed by atoms with van der Waals surface area (Å²) < 4.78 is 0. The molecule has 0 unspecified atom stereocenters. The molecular weight excluding hydrogens is 335 g/mol.